The van der Waals surface area contributed by atoms with Gasteiger partial charge in [-0.3, -0.25) is 4.79 Å². The van der Waals surface area contributed by atoms with Gasteiger partial charge in [0.2, 0.25) is 0 Å². The minimum absolute atomic E-state index is 0.0208. The van der Waals surface area contributed by atoms with Gasteiger partial charge < -0.3 is 14.9 Å². The normalized spacial score (nSPS) is 27.1. The Balaban J connectivity index is 1.82. The van der Waals surface area contributed by atoms with E-state index >= 15 is 0 Å². The molecule has 1 amide bonds. The van der Waals surface area contributed by atoms with Gasteiger partial charge in [-0.1, -0.05) is 0 Å². The first-order valence-electron chi connectivity index (χ1n) is 7.30. The summed E-state index contributed by atoms with van der Waals surface area (Å²) in [6.07, 6.45) is 4.80. The third kappa shape index (κ3) is 2.38. The van der Waals surface area contributed by atoms with E-state index in [0.29, 0.717) is 12.0 Å². The maximum absolute atomic E-state index is 12.6. The molecule has 20 heavy (non-hydrogen) atoms. The van der Waals surface area contributed by atoms with Gasteiger partial charge in [0.25, 0.3) is 5.91 Å². The van der Waals surface area contributed by atoms with Gasteiger partial charge >= 0.3 is 0 Å². The Labute approximate surface area is 119 Å². The fourth-order valence-corrected chi connectivity index (χ4v) is 3.54. The molecule has 3 rings (SSSR count). The number of hydrogen-bond donors (Lipinski definition) is 1. The monoisotopic (exact) mass is 275 g/mol. The summed E-state index contributed by atoms with van der Waals surface area (Å²) in [7, 11) is 2.14. The maximum atomic E-state index is 12.6. The molecule has 2 saturated heterocycles. The topological polar surface area (TPSA) is 56.7 Å². The van der Waals surface area contributed by atoms with Gasteiger partial charge in [0, 0.05) is 25.3 Å². The predicted octanol–water partition coefficient (Wildman–Crippen LogP) is 1.34. The Bertz CT molecular complexity index is 506. The van der Waals surface area contributed by atoms with Crippen molar-refractivity contribution in [2.24, 2.45) is 5.92 Å². The molecule has 1 aromatic rings. The highest BCUT2D eigenvalue weighted by Gasteiger charge is 2.38. The summed E-state index contributed by atoms with van der Waals surface area (Å²) >= 11 is 0. The van der Waals surface area contributed by atoms with Crippen LogP contribution >= 0.6 is 0 Å². The highest BCUT2D eigenvalue weighted by atomic mass is 16.3. The van der Waals surface area contributed by atoms with E-state index in [0.717, 1.165) is 32.5 Å². The standard InChI is InChI=1S/C15H21N3O2/c1-17-9-6-12-11(10-17)4-3-8-18(12)15(20)14-13(19)5-2-7-16-14/h2,5,7,11-12,19H,3-4,6,8-10H2,1H3. The van der Waals surface area contributed by atoms with Crippen molar-refractivity contribution in [3.63, 3.8) is 0 Å². The van der Waals surface area contributed by atoms with Crippen LogP contribution in [0.3, 0.4) is 0 Å². The van der Waals surface area contributed by atoms with Crippen LogP contribution in [0.2, 0.25) is 0 Å². The predicted molar refractivity (Wildman–Crippen MR) is 75.6 cm³/mol. The van der Waals surface area contributed by atoms with Gasteiger partial charge in [-0.2, -0.15) is 0 Å². The van der Waals surface area contributed by atoms with E-state index in [9.17, 15) is 9.90 Å². The number of pyridine rings is 1. The lowest BCUT2D eigenvalue weighted by molar-refractivity contribution is 0.0247. The van der Waals surface area contributed by atoms with Crippen molar-refractivity contribution in [1.29, 1.82) is 0 Å². The summed E-state index contributed by atoms with van der Waals surface area (Å²) in [6, 6.07) is 3.46. The third-order valence-electron chi connectivity index (χ3n) is 4.52. The zero-order valence-corrected chi connectivity index (χ0v) is 11.8. The number of aromatic hydroxyl groups is 1. The summed E-state index contributed by atoms with van der Waals surface area (Å²) < 4.78 is 0. The van der Waals surface area contributed by atoms with Crippen LogP contribution in [-0.2, 0) is 0 Å². The van der Waals surface area contributed by atoms with Crippen molar-refractivity contribution in [1.82, 2.24) is 14.8 Å². The molecule has 3 heterocycles. The second-order valence-corrected chi connectivity index (χ2v) is 5.89. The zero-order chi connectivity index (χ0) is 14.1. The van der Waals surface area contributed by atoms with E-state index in [4.69, 9.17) is 0 Å². The molecule has 1 aromatic heterocycles. The first kappa shape index (κ1) is 13.4. The second-order valence-electron chi connectivity index (χ2n) is 5.89. The number of likely N-dealkylation sites (tertiary alicyclic amines) is 2. The molecule has 2 atom stereocenters. The Kier molecular flexibility index (Phi) is 3.61. The molecular formula is C15H21N3O2. The lowest BCUT2D eigenvalue weighted by Crippen LogP contribution is -2.55. The molecule has 0 spiro atoms. The molecule has 108 valence electrons. The Hall–Kier alpha value is -1.62. The van der Waals surface area contributed by atoms with Crippen molar-refractivity contribution >= 4 is 5.91 Å². The van der Waals surface area contributed by atoms with Crippen molar-refractivity contribution in [2.75, 3.05) is 26.7 Å². The van der Waals surface area contributed by atoms with Crippen LogP contribution in [0.15, 0.2) is 18.3 Å². The summed E-state index contributed by atoms with van der Waals surface area (Å²) in [4.78, 5) is 21.0. The SMILES string of the molecule is CN1CCC2C(CCCN2C(=O)c2ncccc2O)C1. The van der Waals surface area contributed by atoms with Crippen LogP contribution in [0.1, 0.15) is 29.8 Å². The van der Waals surface area contributed by atoms with Gasteiger partial charge in [0.1, 0.15) is 5.75 Å². The van der Waals surface area contributed by atoms with E-state index in [1.165, 1.54) is 12.5 Å². The number of nitrogens with zero attached hydrogens (tertiary/aromatic N) is 3. The van der Waals surface area contributed by atoms with Crippen molar-refractivity contribution in [3.05, 3.63) is 24.0 Å². The van der Waals surface area contributed by atoms with Gasteiger partial charge in [-0.05, 0) is 50.9 Å². The molecule has 0 saturated carbocycles. The molecule has 2 aliphatic rings. The molecule has 0 aromatic carbocycles. The molecular weight excluding hydrogens is 254 g/mol. The number of rotatable bonds is 1. The summed E-state index contributed by atoms with van der Waals surface area (Å²) in [6.45, 7) is 2.86. The van der Waals surface area contributed by atoms with Crippen LogP contribution < -0.4 is 0 Å². The van der Waals surface area contributed by atoms with Crippen molar-refractivity contribution in [2.45, 2.75) is 25.3 Å². The third-order valence-corrected chi connectivity index (χ3v) is 4.52. The maximum Gasteiger partial charge on any atom is 0.276 e. The molecule has 0 aliphatic carbocycles. The highest BCUT2D eigenvalue weighted by Crippen LogP contribution is 2.31. The smallest absolute Gasteiger partial charge is 0.276 e. The highest BCUT2D eigenvalue weighted by molar-refractivity contribution is 5.95. The summed E-state index contributed by atoms with van der Waals surface area (Å²) in [5, 5.41) is 9.83. The van der Waals surface area contributed by atoms with E-state index in [1.54, 1.807) is 12.3 Å². The van der Waals surface area contributed by atoms with Gasteiger partial charge in [0.05, 0.1) is 0 Å². The number of carbonyl (C=O) groups is 1. The number of piperidine rings is 2. The Morgan fingerprint density at radius 1 is 1.40 bits per heavy atom. The van der Waals surface area contributed by atoms with Crippen LogP contribution in [0.5, 0.6) is 5.75 Å². The van der Waals surface area contributed by atoms with Crippen LogP contribution in [0.4, 0.5) is 0 Å². The van der Waals surface area contributed by atoms with E-state index in [2.05, 4.69) is 16.9 Å². The van der Waals surface area contributed by atoms with E-state index in [-0.39, 0.29) is 17.4 Å². The van der Waals surface area contributed by atoms with Crippen molar-refractivity contribution < 1.29 is 9.90 Å². The molecule has 0 bridgehead atoms. The van der Waals surface area contributed by atoms with Gasteiger partial charge in [0.15, 0.2) is 5.69 Å². The average Bonchev–Trinajstić information content (AvgIpc) is 2.46. The lowest BCUT2D eigenvalue weighted by atomic mass is 9.84. The van der Waals surface area contributed by atoms with E-state index in [1.807, 2.05) is 4.90 Å². The van der Waals surface area contributed by atoms with Crippen LogP contribution in [0.25, 0.3) is 0 Å². The molecule has 2 unspecified atom stereocenters. The molecule has 0 radical (unpaired) electrons. The number of fused-ring (bicyclic) bond motifs is 1. The Morgan fingerprint density at radius 2 is 2.25 bits per heavy atom. The second kappa shape index (κ2) is 5.40. The minimum Gasteiger partial charge on any atom is -0.505 e. The number of carbonyl (C=O) groups excluding carboxylic acids is 1. The van der Waals surface area contributed by atoms with Crippen LogP contribution in [-0.4, -0.2) is 58.5 Å². The lowest BCUT2D eigenvalue weighted by Gasteiger charge is -2.46. The van der Waals surface area contributed by atoms with Crippen molar-refractivity contribution in [3.8, 4) is 5.75 Å². The number of amides is 1. The molecule has 1 N–H and O–H groups in total. The number of aromatic nitrogens is 1. The fourth-order valence-electron chi connectivity index (χ4n) is 3.54. The first-order valence-corrected chi connectivity index (χ1v) is 7.30. The summed E-state index contributed by atoms with van der Waals surface area (Å²) in [5.74, 6) is 0.409. The Morgan fingerprint density at radius 3 is 3.05 bits per heavy atom. The first-order chi connectivity index (χ1) is 9.66. The molecule has 2 aliphatic heterocycles. The zero-order valence-electron chi connectivity index (χ0n) is 11.8. The molecule has 5 nitrogen and oxygen atoms in total. The largest absolute Gasteiger partial charge is 0.505 e. The molecule has 5 heteroatoms. The van der Waals surface area contributed by atoms with Gasteiger partial charge in [-0.25, -0.2) is 4.98 Å². The fraction of sp³-hybridized carbons (Fsp3) is 0.600. The van der Waals surface area contributed by atoms with E-state index < -0.39 is 0 Å². The quantitative estimate of drug-likeness (QED) is 0.840. The number of hydrogen-bond acceptors (Lipinski definition) is 4. The average molecular weight is 275 g/mol. The van der Waals surface area contributed by atoms with Gasteiger partial charge in [-0.15, -0.1) is 0 Å². The minimum atomic E-state index is -0.123. The summed E-state index contributed by atoms with van der Waals surface area (Å²) in [5.41, 5.74) is 0.187. The molecule has 2 fully saturated rings. The van der Waals surface area contributed by atoms with Crippen LogP contribution in [0, 0.1) is 5.92 Å².